The molecule has 0 radical (unpaired) electrons. The molecule has 0 unspecified atom stereocenters. The third-order valence-corrected chi connectivity index (χ3v) is 5.57. The fraction of sp³-hybridized carbons (Fsp3) is 0.667. The highest BCUT2D eigenvalue weighted by Crippen LogP contribution is 2.32. The number of rotatable bonds is 2. The highest BCUT2D eigenvalue weighted by Gasteiger charge is 2.48. The van der Waals surface area contributed by atoms with E-state index in [9.17, 15) is 9.59 Å². The van der Waals surface area contributed by atoms with Gasteiger partial charge in [0.05, 0.1) is 10.7 Å². The molecule has 120 valence electrons. The molecule has 2 aliphatic heterocycles. The van der Waals surface area contributed by atoms with Crippen LogP contribution >= 0.6 is 11.3 Å². The van der Waals surface area contributed by atoms with Gasteiger partial charge in [-0.25, -0.2) is 4.98 Å². The van der Waals surface area contributed by atoms with E-state index in [1.807, 2.05) is 11.8 Å². The monoisotopic (exact) mass is 322 g/mol. The predicted octanol–water partition coefficient (Wildman–Crippen LogP) is 0.764. The van der Waals surface area contributed by atoms with Gasteiger partial charge in [0, 0.05) is 45.0 Å². The summed E-state index contributed by atoms with van der Waals surface area (Å²) in [4.78, 5) is 32.7. The summed E-state index contributed by atoms with van der Waals surface area (Å²) >= 11 is 1.64. The quantitative estimate of drug-likeness (QED) is 0.873. The summed E-state index contributed by atoms with van der Waals surface area (Å²) in [5.41, 5.74) is 0.549. The fourth-order valence-corrected chi connectivity index (χ4v) is 4.07. The number of aryl methyl sites for hydroxylation is 1. The van der Waals surface area contributed by atoms with Crippen molar-refractivity contribution in [2.75, 3.05) is 26.2 Å². The molecule has 0 saturated carbocycles. The Morgan fingerprint density at radius 1 is 1.41 bits per heavy atom. The van der Waals surface area contributed by atoms with Gasteiger partial charge in [0.15, 0.2) is 0 Å². The normalized spacial score (nSPS) is 21.9. The Labute approximate surface area is 134 Å². The Hall–Kier alpha value is -1.47. The fourth-order valence-electron chi connectivity index (χ4n) is 3.47. The number of piperazine rings is 1. The number of hydrogen-bond acceptors (Lipinski definition) is 5. The number of carbonyl (C=O) groups is 2. The van der Waals surface area contributed by atoms with Crippen LogP contribution in [0.2, 0.25) is 0 Å². The van der Waals surface area contributed by atoms with Gasteiger partial charge in [0.2, 0.25) is 11.8 Å². The van der Waals surface area contributed by atoms with Crippen molar-refractivity contribution in [2.24, 2.45) is 0 Å². The molecule has 0 aliphatic carbocycles. The number of likely N-dealkylation sites (tertiary alicyclic amines) is 1. The summed E-state index contributed by atoms with van der Waals surface area (Å²) in [6.07, 6.45) is 1.39. The molecule has 3 heterocycles. The summed E-state index contributed by atoms with van der Waals surface area (Å²) in [5, 5.41) is 6.13. The van der Waals surface area contributed by atoms with Gasteiger partial charge in [-0.2, -0.15) is 0 Å². The van der Waals surface area contributed by atoms with Gasteiger partial charge in [0.25, 0.3) is 0 Å². The van der Waals surface area contributed by atoms with Crippen LogP contribution in [0.1, 0.15) is 30.5 Å². The summed E-state index contributed by atoms with van der Waals surface area (Å²) in [5.74, 6) is 0.196. The van der Waals surface area contributed by atoms with Crippen LogP contribution in [0.5, 0.6) is 0 Å². The molecule has 1 spiro atoms. The lowest BCUT2D eigenvalue weighted by atomic mass is 9.83. The molecule has 1 N–H and O–H groups in total. The lowest BCUT2D eigenvalue weighted by Gasteiger charge is -2.49. The molecule has 2 saturated heterocycles. The van der Waals surface area contributed by atoms with Crippen molar-refractivity contribution in [2.45, 2.75) is 38.8 Å². The summed E-state index contributed by atoms with van der Waals surface area (Å²) in [6, 6.07) is 0. The van der Waals surface area contributed by atoms with Gasteiger partial charge in [-0.1, -0.05) is 0 Å². The molecule has 6 nitrogen and oxygen atoms in total. The van der Waals surface area contributed by atoms with E-state index in [2.05, 4.69) is 20.6 Å². The Kier molecular flexibility index (Phi) is 4.18. The third-order valence-electron chi connectivity index (χ3n) is 4.75. The SMILES string of the molecule is CC(=O)N1CCC2(CC1)C(=O)NCCN2Cc1csc(C)n1. The van der Waals surface area contributed by atoms with Gasteiger partial charge < -0.3 is 10.2 Å². The van der Waals surface area contributed by atoms with Crippen molar-refractivity contribution in [3.05, 3.63) is 16.1 Å². The first-order valence-corrected chi connectivity index (χ1v) is 8.59. The van der Waals surface area contributed by atoms with Crippen LogP contribution in [0.3, 0.4) is 0 Å². The molecular weight excluding hydrogens is 300 g/mol. The number of nitrogens with zero attached hydrogens (tertiary/aromatic N) is 3. The van der Waals surface area contributed by atoms with E-state index < -0.39 is 5.54 Å². The Morgan fingerprint density at radius 3 is 2.73 bits per heavy atom. The minimum atomic E-state index is -0.484. The maximum absolute atomic E-state index is 12.6. The van der Waals surface area contributed by atoms with Gasteiger partial charge >= 0.3 is 0 Å². The lowest BCUT2D eigenvalue weighted by Crippen LogP contribution is -2.67. The number of carbonyl (C=O) groups excluding carboxylic acids is 2. The van der Waals surface area contributed by atoms with E-state index in [4.69, 9.17) is 0 Å². The van der Waals surface area contributed by atoms with Crippen LogP contribution in [0.4, 0.5) is 0 Å². The largest absolute Gasteiger partial charge is 0.353 e. The zero-order chi connectivity index (χ0) is 15.7. The van der Waals surface area contributed by atoms with Crippen LogP contribution in [0.25, 0.3) is 0 Å². The third kappa shape index (κ3) is 2.75. The number of thiazole rings is 1. The predicted molar refractivity (Wildman–Crippen MR) is 84.5 cm³/mol. The van der Waals surface area contributed by atoms with Crippen molar-refractivity contribution in [1.82, 2.24) is 20.1 Å². The zero-order valence-corrected chi connectivity index (χ0v) is 13.9. The van der Waals surface area contributed by atoms with Crippen molar-refractivity contribution in [3.8, 4) is 0 Å². The van der Waals surface area contributed by atoms with E-state index in [0.29, 0.717) is 39.0 Å². The van der Waals surface area contributed by atoms with Crippen LogP contribution in [-0.4, -0.2) is 58.3 Å². The second-order valence-electron chi connectivity index (χ2n) is 6.07. The van der Waals surface area contributed by atoms with Gasteiger partial charge in [-0.3, -0.25) is 14.5 Å². The van der Waals surface area contributed by atoms with Crippen molar-refractivity contribution >= 4 is 23.2 Å². The van der Waals surface area contributed by atoms with Gasteiger partial charge in [-0.15, -0.1) is 11.3 Å². The minimum absolute atomic E-state index is 0.0905. The Bertz CT molecular complexity index is 578. The van der Waals surface area contributed by atoms with Crippen molar-refractivity contribution < 1.29 is 9.59 Å². The number of piperidine rings is 1. The highest BCUT2D eigenvalue weighted by atomic mass is 32.1. The first-order valence-electron chi connectivity index (χ1n) is 7.71. The molecule has 22 heavy (non-hydrogen) atoms. The van der Waals surface area contributed by atoms with Crippen LogP contribution < -0.4 is 5.32 Å². The molecule has 3 rings (SSSR count). The number of amides is 2. The van der Waals surface area contributed by atoms with Crippen LogP contribution in [-0.2, 0) is 16.1 Å². The van der Waals surface area contributed by atoms with Gasteiger partial charge in [-0.05, 0) is 19.8 Å². The second kappa shape index (κ2) is 5.96. The van der Waals surface area contributed by atoms with E-state index in [-0.39, 0.29) is 11.8 Å². The van der Waals surface area contributed by atoms with E-state index in [1.165, 1.54) is 0 Å². The maximum atomic E-state index is 12.6. The summed E-state index contributed by atoms with van der Waals surface area (Å²) in [7, 11) is 0. The molecule has 0 aromatic carbocycles. The molecule has 1 aromatic heterocycles. The highest BCUT2D eigenvalue weighted by molar-refractivity contribution is 7.09. The molecular formula is C15H22N4O2S. The maximum Gasteiger partial charge on any atom is 0.240 e. The molecule has 0 bridgehead atoms. The van der Waals surface area contributed by atoms with E-state index in [0.717, 1.165) is 17.2 Å². The average molecular weight is 322 g/mol. The number of hydrogen-bond donors (Lipinski definition) is 1. The molecule has 2 aliphatic rings. The first-order chi connectivity index (χ1) is 10.5. The molecule has 0 atom stereocenters. The molecule has 1 aromatic rings. The van der Waals surface area contributed by atoms with Crippen molar-refractivity contribution in [3.63, 3.8) is 0 Å². The second-order valence-corrected chi connectivity index (χ2v) is 7.14. The Balaban J connectivity index is 1.78. The summed E-state index contributed by atoms with van der Waals surface area (Å²) < 4.78 is 0. The average Bonchev–Trinajstić information content (AvgIpc) is 2.90. The molecule has 2 fully saturated rings. The van der Waals surface area contributed by atoms with E-state index in [1.54, 1.807) is 18.3 Å². The smallest absolute Gasteiger partial charge is 0.240 e. The Morgan fingerprint density at radius 2 is 2.14 bits per heavy atom. The van der Waals surface area contributed by atoms with E-state index >= 15 is 0 Å². The van der Waals surface area contributed by atoms with Crippen molar-refractivity contribution in [1.29, 1.82) is 0 Å². The van der Waals surface area contributed by atoms with Gasteiger partial charge in [0.1, 0.15) is 5.54 Å². The summed E-state index contributed by atoms with van der Waals surface area (Å²) in [6.45, 7) is 7.11. The minimum Gasteiger partial charge on any atom is -0.353 e. The lowest BCUT2D eigenvalue weighted by molar-refractivity contribution is -0.146. The molecule has 7 heteroatoms. The zero-order valence-electron chi connectivity index (χ0n) is 13.1. The number of aromatic nitrogens is 1. The molecule has 2 amide bonds. The standard InChI is InChI=1S/C15H22N4O2S/c1-11-17-13(10-22-11)9-19-8-5-16-14(21)15(19)3-6-18(7-4-15)12(2)20/h10H,3-9H2,1-2H3,(H,16,21). The number of nitrogens with one attached hydrogen (secondary N) is 1. The van der Waals surface area contributed by atoms with Crippen LogP contribution in [0, 0.1) is 6.92 Å². The first kappa shape index (κ1) is 15.4. The topological polar surface area (TPSA) is 65.5 Å². The van der Waals surface area contributed by atoms with Crippen LogP contribution in [0.15, 0.2) is 5.38 Å².